The Bertz CT molecular complexity index is 764. The molecule has 5 nitrogen and oxygen atoms in total. The summed E-state index contributed by atoms with van der Waals surface area (Å²) >= 11 is 1.40. The van der Waals surface area contributed by atoms with Crippen molar-refractivity contribution in [3.8, 4) is 0 Å². The van der Waals surface area contributed by atoms with E-state index in [1.54, 1.807) is 12.1 Å². The van der Waals surface area contributed by atoms with Crippen LogP contribution in [-0.4, -0.2) is 45.8 Å². The van der Waals surface area contributed by atoms with Crippen LogP contribution in [0.4, 0.5) is 9.52 Å². The van der Waals surface area contributed by atoms with Crippen LogP contribution < -0.4 is 4.90 Å². The van der Waals surface area contributed by atoms with Crippen LogP contribution in [0.2, 0.25) is 0 Å². The van der Waals surface area contributed by atoms with Gasteiger partial charge in [-0.05, 0) is 31.0 Å². The lowest BCUT2D eigenvalue weighted by molar-refractivity contribution is -0.133. The molecule has 0 N–H and O–H groups in total. The average molecular weight is 405 g/mol. The van der Waals surface area contributed by atoms with Crippen LogP contribution in [0.15, 0.2) is 24.3 Å². The average Bonchev–Trinajstić information content (AvgIpc) is 3.15. The maximum atomic E-state index is 13.0. The minimum atomic E-state index is -0.234. The lowest BCUT2D eigenvalue weighted by Gasteiger charge is -2.39. The highest BCUT2D eigenvalue weighted by atomic mass is 32.1. The number of anilines is 1. The summed E-state index contributed by atoms with van der Waals surface area (Å²) in [4.78, 5) is 21.4. The molecule has 7 heteroatoms. The summed E-state index contributed by atoms with van der Waals surface area (Å²) in [6.07, 6.45) is 5.77. The highest BCUT2D eigenvalue weighted by Crippen LogP contribution is 2.23. The minimum absolute atomic E-state index is 0.178. The number of hydrogen-bond acceptors (Lipinski definition) is 5. The molecular formula is C21H29FN4OS. The third-order valence-electron chi connectivity index (χ3n) is 5.20. The van der Waals surface area contributed by atoms with E-state index in [1.807, 2.05) is 4.90 Å². The van der Waals surface area contributed by atoms with E-state index in [1.165, 1.54) is 36.5 Å². The van der Waals surface area contributed by atoms with Gasteiger partial charge in [0.1, 0.15) is 11.6 Å². The fourth-order valence-electron chi connectivity index (χ4n) is 3.58. The van der Waals surface area contributed by atoms with E-state index in [0.717, 1.165) is 49.0 Å². The zero-order valence-electron chi connectivity index (χ0n) is 16.7. The van der Waals surface area contributed by atoms with Crippen molar-refractivity contribution in [2.45, 2.75) is 58.4 Å². The number of nitrogens with zero attached hydrogens (tertiary/aromatic N) is 4. The molecule has 1 saturated heterocycles. The van der Waals surface area contributed by atoms with Gasteiger partial charge < -0.3 is 9.80 Å². The van der Waals surface area contributed by atoms with Gasteiger partial charge in [-0.3, -0.25) is 4.79 Å². The molecule has 0 aliphatic carbocycles. The van der Waals surface area contributed by atoms with E-state index in [9.17, 15) is 9.18 Å². The Morgan fingerprint density at radius 1 is 1.21 bits per heavy atom. The maximum Gasteiger partial charge on any atom is 0.222 e. The van der Waals surface area contributed by atoms with Crippen LogP contribution in [0.5, 0.6) is 0 Å². The van der Waals surface area contributed by atoms with Crippen LogP contribution in [-0.2, 0) is 11.2 Å². The Morgan fingerprint density at radius 2 is 2.00 bits per heavy atom. The second-order valence-corrected chi connectivity index (χ2v) is 8.22. The molecule has 1 aromatic heterocycles. The SMILES string of the molecule is CCCCCCC(=O)N1CCN(c2nc(Cc3ccc(F)cc3)ns2)C[C@@H]1C. The number of aromatic nitrogens is 2. The zero-order valence-corrected chi connectivity index (χ0v) is 17.6. The topological polar surface area (TPSA) is 49.3 Å². The lowest BCUT2D eigenvalue weighted by Crippen LogP contribution is -2.54. The minimum Gasteiger partial charge on any atom is -0.343 e. The molecule has 2 heterocycles. The molecule has 1 aromatic carbocycles. The van der Waals surface area contributed by atoms with Gasteiger partial charge >= 0.3 is 0 Å². The Kier molecular flexibility index (Phi) is 7.36. The van der Waals surface area contributed by atoms with Crippen molar-refractivity contribution >= 4 is 22.6 Å². The third-order valence-corrected chi connectivity index (χ3v) is 6.01. The van der Waals surface area contributed by atoms with Gasteiger partial charge in [0, 0.05) is 50.1 Å². The van der Waals surface area contributed by atoms with E-state index in [-0.39, 0.29) is 17.8 Å². The van der Waals surface area contributed by atoms with Gasteiger partial charge in [0.2, 0.25) is 11.0 Å². The number of carbonyl (C=O) groups excluding carboxylic acids is 1. The largest absolute Gasteiger partial charge is 0.343 e. The lowest BCUT2D eigenvalue weighted by atomic mass is 10.1. The van der Waals surface area contributed by atoms with Crippen molar-refractivity contribution in [2.24, 2.45) is 0 Å². The standard InChI is InChI=1S/C21H29FN4OS/c1-3-4-5-6-7-20(27)26-13-12-25(15-16(26)2)21-23-19(24-28-21)14-17-8-10-18(22)11-9-17/h8-11,16H,3-7,12-15H2,1-2H3/t16-/m0/s1. The summed E-state index contributed by atoms with van der Waals surface area (Å²) in [5, 5.41) is 0.902. The van der Waals surface area contributed by atoms with Gasteiger partial charge in [-0.2, -0.15) is 4.37 Å². The molecular weight excluding hydrogens is 375 g/mol. The van der Waals surface area contributed by atoms with Crippen molar-refractivity contribution in [2.75, 3.05) is 24.5 Å². The Balaban J connectivity index is 1.52. The molecule has 28 heavy (non-hydrogen) atoms. The fraction of sp³-hybridized carbons (Fsp3) is 0.571. The van der Waals surface area contributed by atoms with E-state index < -0.39 is 0 Å². The summed E-state index contributed by atoms with van der Waals surface area (Å²) in [5.41, 5.74) is 0.998. The van der Waals surface area contributed by atoms with E-state index in [0.29, 0.717) is 12.8 Å². The van der Waals surface area contributed by atoms with Crippen LogP contribution in [0, 0.1) is 5.82 Å². The van der Waals surface area contributed by atoms with Crippen molar-refractivity contribution in [3.05, 3.63) is 41.5 Å². The normalized spacial score (nSPS) is 17.2. The second-order valence-electron chi connectivity index (χ2n) is 7.49. The first-order valence-electron chi connectivity index (χ1n) is 10.2. The molecule has 0 unspecified atom stereocenters. The summed E-state index contributed by atoms with van der Waals surface area (Å²) in [7, 11) is 0. The van der Waals surface area contributed by atoms with Crippen LogP contribution in [0.1, 0.15) is 57.3 Å². The highest BCUT2D eigenvalue weighted by molar-refractivity contribution is 7.09. The van der Waals surface area contributed by atoms with E-state index in [4.69, 9.17) is 0 Å². The van der Waals surface area contributed by atoms with Gasteiger partial charge in [-0.1, -0.05) is 38.3 Å². The number of amides is 1. The van der Waals surface area contributed by atoms with E-state index in [2.05, 4.69) is 28.1 Å². The van der Waals surface area contributed by atoms with Crippen molar-refractivity contribution in [3.63, 3.8) is 0 Å². The number of piperazine rings is 1. The number of unbranched alkanes of at least 4 members (excludes halogenated alkanes) is 3. The van der Waals surface area contributed by atoms with Gasteiger partial charge in [0.25, 0.3) is 0 Å². The van der Waals surface area contributed by atoms with Crippen molar-refractivity contribution in [1.82, 2.24) is 14.3 Å². The van der Waals surface area contributed by atoms with Gasteiger partial charge in [-0.15, -0.1) is 0 Å². The van der Waals surface area contributed by atoms with E-state index >= 15 is 0 Å². The number of rotatable bonds is 8. The number of halogens is 1. The quantitative estimate of drug-likeness (QED) is 0.617. The first kappa shape index (κ1) is 20.7. The van der Waals surface area contributed by atoms with Crippen LogP contribution in [0.3, 0.4) is 0 Å². The Hall–Kier alpha value is -2.02. The van der Waals surface area contributed by atoms with Crippen molar-refractivity contribution < 1.29 is 9.18 Å². The highest BCUT2D eigenvalue weighted by Gasteiger charge is 2.28. The summed E-state index contributed by atoms with van der Waals surface area (Å²) < 4.78 is 17.5. The predicted molar refractivity (Wildman–Crippen MR) is 111 cm³/mol. The molecule has 0 spiro atoms. The molecule has 2 aromatic rings. The molecule has 3 rings (SSSR count). The predicted octanol–water partition coefficient (Wildman–Crippen LogP) is 4.28. The van der Waals surface area contributed by atoms with Gasteiger partial charge in [0.15, 0.2) is 0 Å². The Morgan fingerprint density at radius 3 is 2.71 bits per heavy atom. The number of carbonyl (C=O) groups is 1. The molecule has 152 valence electrons. The fourth-order valence-corrected chi connectivity index (χ4v) is 4.30. The smallest absolute Gasteiger partial charge is 0.222 e. The van der Waals surface area contributed by atoms with Gasteiger partial charge in [-0.25, -0.2) is 9.37 Å². The third kappa shape index (κ3) is 5.50. The number of hydrogen-bond donors (Lipinski definition) is 0. The summed E-state index contributed by atoms with van der Waals surface area (Å²) in [6.45, 7) is 6.60. The first-order chi connectivity index (χ1) is 13.6. The monoisotopic (exact) mass is 404 g/mol. The maximum absolute atomic E-state index is 13.0. The second kappa shape index (κ2) is 9.96. The van der Waals surface area contributed by atoms with Crippen molar-refractivity contribution in [1.29, 1.82) is 0 Å². The molecule has 1 aliphatic heterocycles. The first-order valence-corrected chi connectivity index (χ1v) is 11.0. The zero-order chi connectivity index (χ0) is 19.9. The molecule has 1 atom stereocenters. The molecule has 1 amide bonds. The number of benzene rings is 1. The molecule has 0 bridgehead atoms. The molecule has 0 radical (unpaired) electrons. The molecule has 1 aliphatic rings. The molecule has 0 saturated carbocycles. The summed E-state index contributed by atoms with van der Waals surface area (Å²) in [5.74, 6) is 0.800. The van der Waals surface area contributed by atoms with Crippen LogP contribution >= 0.6 is 11.5 Å². The van der Waals surface area contributed by atoms with Crippen LogP contribution in [0.25, 0.3) is 0 Å². The molecule has 1 fully saturated rings. The summed E-state index contributed by atoms with van der Waals surface area (Å²) in [6, 6.07) is 6.63. The Labute approximate surface area is 170 Å². The van der Waals surface area contributed by atoms with Gasteiger partial charge in [0.05, 0.1) is 0 Å².